The van der Waals surface area contributed by atoms with Crippen molar-refractivity contribution in [3.05, 3.63) is 40.5 Å². The van der Waals surface area contributed by atoms with Gasteiger partial charge in [-0.25, -0.2) is 0 Å². The van der Waals surface area contributed by atoms with E-state index in [4.69, 9.17) is 14.2 Å². The van der Waals surface area contributed by atoms with Crippen molar-refractivity contribution < 1.29 is 23.9 Å². The number of carbonyl (C=O) groups is 1. The molecule has 0 saturated carbocycles. The van der Waals surface area contributed by atoms with E-state index in [1.54, 1.807) is 0 Å². The molecule has 7 nitrogen and oxygen atoms in total. The normalized spacial score (nSPS) is 9.70. The van der Waals surface area contributed by atoms with E-state index >= 15 is 0 Å². The van der Waals surface area contributed by atoms with Crippen LogP contribution in [0.25, 0.3) is 0 Å². The summed E-state index contributed by atoms with van der Waals surface area (Å²) < 4.78 is 14.9. The second-order valence-electron chi connectivity index (χ2n) is 3.74. The SMILES string of the molecule is C=CCOC(=O)Cc1cc(OC)c(OC)cc1[N+](=O)[O-]. The Kier molecular flexibility index (Phi) is 5.52. The Bertz CT molecular complexity index is 526. The van der Waals surface area contributed by atoms with Crippen LogP contribution in [0, 0.1) is 10.1 Å². The fraction of sp³-hybridized carbons (Fsp3) is 0.308. The number of methoxy groups -OCH3 is 2. The zero-order chi connectivity index (χ0) is 15.1. The summed E-state index contributed by atoms with van der Waals surface area (Å²) in [4.78, 5) is 22.0. The summed E-state index contributed by atoms with van der Waals surface area (Å²) in [6.07, 6.45) is 1.19. The van der Waals surface area contributed by atoms with Gasteiger partial charge in [-0.1, -0.05) is 12.7 Å². The van der Waals surface area contributed by atoms with Gasteiger partial charge < -0.3 is 14.2 Å². The zero-order valence-corrected chi connectivity index (χ0v) is 11.3. The van der Waals surface area contributed by atoms with Crippen LogP contribution in [0.5, 0.6) is 11.5 Å². The van der Waals surface area contributed by atoms with Crippen LogP contribution in [0.1, 0.15) is 5.56 Å². The Hall–Kier alpha value is -2.57. The molecule has 108 valence electrons. The van der Waals surface area contributed by atoms with Gasteiger partial charge >= 0.3 is 5.97 Å². The Morgan fingerprint density at radius 1 is 1.35 bits per heavy atom. The van der Waals surface area contributed by atoms with E-state index < -0.39 is 10.9 Å². The molecule has 1 aromatic rings. The van der Waals surface area contributed by atoms with Crippen molar-refractivity contribution in [1.29, 1.82) is 0 Å². The molecule has 0 aliphatic heterocycles. The molecule has 0 aromatic heterocycles. The molecule has 1 aromatic carbocycles. The monoisotopic (exact) mass is 281 g/mol. The molecule has 0 unspecified atom stereocenters. The lowest BCUT2D eigenvalue weighted by molar-refractivity contribution is -0.385. The number of nitrogens with zero attached hydrogens (tertiary/aromatic N) is 1. The minimum atomic E-state index is -0.585. The van der Waals surface area contributed by atoms with Crippen molar-refractivity contribution in [3.8, 4) is 11.5 Å². The van der Waals surface area contributed by atoms with Gasteiger partial charge in [0.25, 0.3) is 5.69 Å². The predicted octanol–water partition coefficient (Wildman–Crippen LogP) is 1.88. The molecule has 0 amide bonds. The third-order valence-corrected chi connectivity index (χ3v) is 2.48. The van der Waals surface area contributed by atoms with Crippen LogP contribution in [0.15, 0.2) is 24.8 Å². The van der Waals surface area contributed by atoms with Gasteiger partial charge in [-0.15, -0.1) is 0 Å². The number of carbonyl (C=O) groups excluding carboxylic acids is 1. The molecule has 0 atom stereocenters. The predicted molar refractivity (Wildman–Crippen MR) is 71.1 cm³/mol. The van der Waals surface area contributed by atoms with Crippen molar-refractivity contribution in [2.45, 2.75) is 6.42 Å². The maximum Gasteiger partial charge on any atom is 0.310 e. The Labute approximate surface area is 115 Å². The quantitative estimate of drug-likeness (QED) is 0.328. The fourth-order valence-corrected chi connectivity index (χ4v) is 1.58. The highest BCUT2D eigenvalue weighted by Crippen LogP contribution is 2.34. The van der Waals surface area contributed by atoms with E-state index in [9.17, 15) is 14.9 Å². The van der Waals surface area contributed by atoms with Gasteiger partial charge in [-0.05, 0) is 6.07 Å². The first-order chi connectivity index (χ1) is 9.53. The number of nitro groups is 1. The van der Waals surface area contributed by atoms with E-state index in [0.717, 1.165) is 0 Å². The smallest absolute Gasteiger partial charge is 0.310 e. The molecule has 20 heavy (non-hydrogen) atoms. The zero-order valence-electron chi connectivity index (χ0n) is 11.3. The van der Waals surface area contributed by atoms with Gasteiger partial charge in [0.1, 0.15) is 6.61 Å². The number of hydrogen-bond donors (Lipinski definition) is 0. The van der Waals surface area contributed by atoms with Crippen molar-refractivity contribution >= 4 is 11.7 Å². The lowest BCUT2D eigenvalue weighted by Gasteiger charge is -2.10. The fourth-order valence-electron chi connectivity index (χ4n) is 1.58. The number of rotatable bonds is 7. The van der Waals surface area contributed by atoms with E-state index in [-0.39, 0.29) is 30.0 Å². The molecule has 0 aliphatic carbocycles. The molecule has 0 bridgehead atoms. The molecule has 0 saturated heterocycles. The maximum atomic E-state index is 11.5. The Morgan fingerprint density at radius 2 is 1.95 bits per heavy atom. The van der Waals surface area contributed by atoms with E-state index in [1.807, 2.05) is 0 Å². The van der Waals surface area contributed by atoms with Crippen LogP contribution in [0.4, 0.5) is 5.69 Å². The molecule has 0 spiro atoms. The summed E-state index contributed by atoms with van der Waals surface area (Å²) in [6.45, 7) is 3.47. The molecular formula is C13H15NO6. The maximum absolute atomic E-state index is 11.5. The topological polar surface area (TPSA) is 87.9 Å². The standard InChI is InChI=1S/C13H15NO6/c1-4-5-20-13(15)7-9-6-11(18-2)12(19-3)8-10(9)14(16)17/h4,6,8H,1,5,7H2,2-3H3. The molecular weight excluding hydrogens is 266 g/mol. The summed E-state index contributed by atoms with van der Waals surface area (Å²) in [6, 6.07) is 2.61. The molecule has 0 fully saturated rings. The summed E-state index contributed by atoms with van der Waals surface area (Å²) in [5.41, 5.74) is -0.0279. The van der Waals surface area contributed by atoms with Crippen LogP contribution < -0.4 is 9.47 Å². The minimum absolute atomic E-state index is 0.0555. The lowest BCUT2D eigenvalue weighted by Crippen LogP contribution is -2.10. The number of esters is 1. The molecule has 0 heterocycles. The first-order valence-electron chi connectivity index (χ1n) is 5.69. The van der Waals surface area contributed by atoms with E-state index in [0.29, 0.717) is 5.75 Å². The van der Waals surface area contributed by atoms with E-state index in [1.165, 1.54) is 32.4 Å². The summed E-state index contributed by atoms with van der Waals surface area (Å²) in [5.74, 6) is -0.0488. The van der Waals surface area contributed by atoms with Gasteiger partial charge in [-0.3, -0.25) is 14.9 Å². The first kappa shape index (κ1) is 15.5. The Morgan fingerprint density at radius 3 is 2.45 bits per heavy atom. The van der Waals surface area contributed by atoms with Crippen molar-refractivity contribution in [1.82, 2.24) is 0 Å². The van der Waals surface area contributed by atoms with Gasteiger partial charge in [0.05, 0.1) is 31.6 Å². The van der Waals surface area contributed by atoms with Gasteiger partial charge in [0.2, 0.25) is 0 Å². The van der Waals surface area contributed by atoms with Crippen molar-refractivity contribution in [3.63, 3.8) is 0 Å². The summed E-state index contributed by atoms with van der Waals surface area (Å²) in [7, 11) is 2.78. The highest BCUT2D eigenvalue weighted by atomic mass is 16.6. The molecule has 0 aliphatic rings. The molecule has 7 heteroatoms. The second kappa shape index (κ2) is 7.13. The van der Waals surface area contributed by atoms with Crippen molar-refractivity contribution in [2.75, 3.05) is 20.8 Å². The first-order valence-corrected chi connectivity index (χ1v) is 5.69. The summed E-state index contributed by atoms with van der Waals surface area (Å²) in [5, 5.41) is 11.0. The highest BCUT2D eigenvalue weighted by molar-refractivity contribution is 5.75. The average Bonchev–Trinajstić information content (AvgIpc) is 2.44. The van der Waals surface area contributed by atoms with Gasteiger partial charge in [0, 0.05) is 5.56 Å². The largest absolute Gasteiger partial charge is 0.493 e. The minimum Gasteiger partial charge on any atom is -0.493 e. The average molecular weight is 281 g/mol. The number of benzene rings is 1. The molecule has 0 N–H and O–H groups in total. The third kappa shape index (κ3) is 3.71. The van der Waals surface area contributed by atoms with Crippen LogP contribution in [-0.2, 0) is 16.0 Å². The molecule has 1 rings (SSSR count). The van der Waals surface area contributed by atoms with Crippen LogP contribution in [0.3, 0.4) is 0 Å². The Balaban J connectivity index is 3.12. The lowest BCUT2D eigenvalue weighted by atomic mass is 10.1. The van der Waals surface area contributed by atoms with Crippen LogP contribution >= 0.6 is 0 Å². The third-order valence-electron chi connectivity index (χ3n) is 2.48. The number of hydrogen-bond acceptors (Lipinski definition) is 6. The van der Waals surface area contributed by atoms with Crippen LogP contribution in [-0.4, -0.2) is 31.7 Å². The summed E-state index contributed by atoms with van der Waals surface area (Å²) >= 11 is 0. The second-order valence-corrected chi connectivity index (χ2v) is 3.74. The number of ether oxygens (including phenoxy) is 3. The highest BCUT2D eigenvalue weighted by Gasteiger charge is 2.21. The van der Waals surface area contributed by atoms with Gasteiger partial charge in [0.15, 0.2) is 11.5 Å². The number of nitro benzene ring substituents is 1. The molecule has 0 radical (unpaired) electrons. The van der Waals surface area contributed by atoms with Crippen molar-refractivity contribution in [2.24, 2.45) is 0 Å². The van der Waals surface area contributed by atoms with E-state index in [2.05, 4.69) is 6.58 Å². The van der Waals surface area contributed by atoms with Crippen LogP contribution in [0.2, 0.25) is 0 Å². The van der Waals surface area contributed by atoms with Gasteiger partial charge in [-0.2, -0.15) is 0 Å².